The number of rotatable bonds is 3. The number of nitrogens with one attached hydrogen (secondary N) is 1. The van der Waals surface area contributed by atoms with Crippen LogP contribution in [0, 0.1) is 6.92 Å². The van der Waals surface area contributed by atoms with E-state index in [1.165, 1.54) is 0 Å². The Balaban J connectivity index is 1.69. The lowest BCUT2D eigenvalue weighted by Crippen LogP contribution is -2.36. The smallest absolute Gasteiger partial charge is 0.189 e. The van der Waals surface area contributed by atoms with Crippen molar-refractivity contribution in [2.75, 3.05) is 38.3 Å². The van der Waals surface area contributed by atoms with Gasteiger partial charge in [0.05, 0.1) is 31.7 Å². The maximum atomic E-state index is 12.8. The number of allylic oxidation sites excluding steroid dienone is 1. The zero-order chi connectivity index (χ0) is 17.4. The average Bonchev–Trinajstić information content (AvgIpc) is 3.18. The molecule has 1 aliphatic heterocycles. The van der Waals surface area contributed by atoms with E-state index in [1.54, 1.807) is 7.11 Å². The zero-order valence-corrected chi connectivity index (χ0v) is 14.5. The largest absolute Gasteiger partial charge is 0.495 e. The third-order valence-electron chi connectivity index (χ3n) is 4.72. The summed E-state index contributed by atoms with van der Waals surface area (Å²) in [6, 6.07) is 5.90. The predicted octanol–water partition coefficient (Wildman–Crippen LogP) is 2.39. The molecule has 0 unspecified atom stereocenters. The van der Waals surface area contributed by atoms with Crippen molar-refractivity contribution in [3.8, 4) is 5.75 Å². The second kappa shape index (κ2) is 6.37. The molecule has 0 bridgehead atoms. The van der Waals surface area contributed by atoms with Gasteiger partial charge in [-0.3, -0.25) is 9.89 Å². The highest BCUT2D eigenvalue weighted by Crippen LogP contribution is 2.37. The summed E-state index contributed by atoms with van der Waals surface area (Å²) in [6.45, 7) is 5.03. The van der Waals surface area contributed by atoms with Crippen LogP contribution in [0.2, 0.25) is 0 Å². The van der Waals surface area contributed by atoms with Crippen molar-refractivity contribution in [3.05, 3.63) is 46.3 Å². The van der Waals surface area contributed by atoms with E-state index in [0.29, 0.717) is 19.6 Å². The summed E-state index contributed by atoms with van der Waals surface area (Å²) in [5.41, 5.74) is 5.34. The fourth-order valence-electron chi connectivity index (χ4n) is 3.45. The van der Waals surface area contributed by atoms with E-state index in [1.807, 2.05) is 25.1 Å². The summed E-state index contributed by atoms with van der Waals surface area (Å²) < 4.78 is 11.0. The van der Waals surface area contributed by atoms with Gasteiger partial charge in [0.25, 0.3) is 0 Å². The number of aromatic nitrogens is 2. The van der Waals surface area contributed by atoms with Gasteiger partial charge in [-0.25, -0.2) is 0 Å². The van der Waals surface area contributed by atoms with E-state index in [0.717, 1.165) is 52.6 Å². The zero-order valence-electron chi connectivity index (χ0n) is 14.5. The second-order valence-corrected chi connectivity index (χ2v) is 6.43. The summed E-state index contributed by atoms with van der Waals surface area (Å²) in [4.78, 5) is 15.0. The third kappa shape index (κ3) is 2.93. The van der Waals surface area contributed by atoms with Crippen LogP contribution >= 0.6 is 0 Å². The number of nitrogens with zero attached hydrogens (tertiary/aromatic N) is 2. The first-order valence-corrected chi connectivity index (χ1v) is 8.46. The van der Waals surface area contributed by atoms with Gasteiger partial charge in [0.2, 0.25) is 0 Å². The molecule has 2 heterocycles. The van der Waals surface area contributed by atoms with E-state index in [2.05, 4.69) is 21.2 Å². The van der Waals surface area contributed by atoms with E-state index in [-0.39, 0.29) is 5.78 Å². The second-order valence-electron chi connectivity index (χ2n) is 6.43. The molecule has 1 fully saturated rings. The Morgan fingerprint density at radius 1 is 1.28 bits per heavy atom. The van der Waals surface area contributed by atoms with Crippen molar-refractivity contribution < 1.29 is 14.3 Å². The van der Waals surface area contributed by atoms with Gasteiger partial charge in [-0.15, -0.1) is 0 Å². The molecule has 1 aliphatic carbocycles. The maximum Gasteiger partial charge on any atom is 0.189 e. The molecule has 0 atom stereocenters. The summed E-state index contributed by atoms with van der Waals surface area (Å²) in [5, 5.41) is 7.11. The average molecular weight is 339 g/mol. The lowest BCUT2D eigenvalue weighted by molar-refractivity contribution is 0.104. The first kappa shape index (κ1) is 15.9. The van der Waals surface area contributed by atoms with Crippen LogP contribution in [0.1, 0.15) is 27.3 Å². The molecule has 0 radical (unpaired) electrons. The number of Topliss-reactive ketones (excluding diaryl/α,β-unsaturated/α-hetero) is 1. The van der Waals surface area contributed by atoms with Crippen LogP contribution in [0.5, 0.6) is 5.75 Å². The van der Waals surface area contributed by atoms with Crippen molar-refractivity contribution in [2.45, 2.75) is 13.3 Å². The Kier molecular flexibility index (Phi) is 4.05. The van der Waals surface area contributed by atoms with Gasteiger partial charge in [0, 0.05) is 36.3 Å². The van der Waals surface area contributed by atoms with Gasteiger partial charge in [-0.1, -0.05) is 0 Å². The molecule has 130 valence electrons. The highest BCUT2D eigenvalue weighted by atomic mass is 16.5. The Labute approximate surface area is 146 Å². The minimum atomic E-state index is 0.0579. The van der Waals surface area contributed by atoms with Crippen molar-refractivity contribution in [1.82, 2.24) is 10.2 Å². The van der Waals surface area contributed by atoms with E-state index >= 15 is 0 Å². The van der Waals surface area contributed by atoms with Gasteiger partial charge in [-0.2, -0.15) is 5.10 Å². The number of carbonyl (C=O) groups excluding carboxylic acids is 1. The van der Waals surface area contributed by atoms with Crippen LogP contribution in [0.25, 0.3) is 6.08 Å². The number of aromatic amines is 1. The van der Waals surface area contributed by atoms with Gasteiger partial charge in [-0.05, 0) is 36.8 Å². The number of benzene rings is 1. The topological polar surface area (TPSA) is 67.5 Å². The number of hydrogen-bond donors (Lipinski definition) is 1. The number of carbonyl (C=O) groups is 1. The minimum absolute atomic E-state index is 0.0579. The summed E-state index contributed by atoms with van der Waals surface area (Å²) in [6.07, 6.45) is 2.49. The predicted molar refractivity (Wildman–Crippen MR) is 95.4 cm³/mol. The molecular weight excluding hydrogens is 318 g/mol. The van der Waals surface area contributed by atoms with Crippen LogP contribution < -0.4 is 9.64 Å². The van der Waals surface area contributed by atoms with Gasteiger partial charge < -0.3 is 14.4 Å². The maximum absolute atomic E-state index is 12.8. The Morgan fingerprint density at radius 2 is 2.08 bits per heavy atom. The number of H-pyrrole nitrogens is 1. The molecular formula is C19H21N3O3. The minimum Gasteiger partial charge on any atom is -0.495 e. The number of fused-ring (bicyclic) bond motifs is 1. The molecule has 1 aromatic heterocycles. The normalized spacial score (nSPS) is 18.7. The highest BCUT2D eigenvalue weighted by Gasteiger charge is 2.28. The fraction of sp³-hybridized carbons (Fsp3) is 0.368. The van der Waals surface area contributed by atoms with E-state index in [4.69, 9.17) is 9.47 Å². The summed E-state index contributed by atoms with van der Waals surface area (Å²) in [7, 11) is 1.65. The van der Waals surface area contributed by atoms with E-state index in [9.17, 15) is 4.79 Å². The first-order valence-electron chi connectivity index (χ1n) is 8.46. The molecule has 0 saturated carbocycles. The monoisotopic (exact) mass is 339 g/mol. The number of morpholine rings is 1. The molecule has 0 spiro atoms. The number of ketones is 1. The van der Waals surface area contributed by atoms with Crippen molar-refractivity contribution >= 4 is 17.5 Å². The number of anilines is 1. The first-order chi connectivity index (χ1) is 12.2. The lowest BCUT2D eigenvalue weighted by atomic mass is 10.1. The molecule has 0 amide bonds. The molecule has 6 heteroatoms. The quantitative estimate of drug-likeness (QED) is 0.870. The Hall–Kier alpha value is -2.60. The van der Waals surface area contributed by atoms with Gasteiger partial charge >= 0.3 is 0 Å². The Morgan fingerprint density at radius 3 is 2.76 bits per heavy atom. The van der Waals surface area contributed by atoms with Crippen LogP contribution in [0.3, 0.4) is 0 Å². The molecule has 2 aliphatic rings. The standard InChI is InChI=1S/C19H21N3O3/c1-12-7-15(21-20-12)9-14-8-13-10-17(22-3-5-25-6-4-22)18(24-2)11-16(13)19(14)23/h7,9-11H,3-6,8H2,1-2H3,(H,20,21). The highest BCUT2D eigenvalue weighted by molar-refractivity contribution is 6.16. The fourth-order valence-corrected chi connectivity index (χ4v) is 3.45. The van der Waals surface area contributed by atoms with Gasteiger partial charge in [0.1, 0.15) is 5.75 Å². The third-order valence-corrected chi connectivity index (χ3v) is 4.72. The van der Waals surface area contributed by atoms with E-state index < -0.39 is 0 Å². The molecule has 1 saturated heterocycles. The molecule has 2 aromatic rings. The molecule has 6 nitrogen and oxygen atoms in total. The van der Waals surface area contributed by atoms with Crippen LogP contribution in [0.15, 0.2) is 23.8 Å². The van der Waals surface area contributed by atoms with Crippen molar-refractivity contribution in [1.29, 1.82) is 0 Å². The SMILES string of the molecule is COc1cc2c(cc1N1CCOCC1)CC(=Cc1cc(C)[nH]n1)C2=O. The number of hydrogen-bond acceptors (Lipinski definition) is 5. The molecule has 25 heavy (non-hydrogen) atoms. The van der Waals surface area contributed by atoms with Crippen LogP contribution in [-0.4, -0.2) is 49.4 Å². The summed E-state index contributed by atoms with van der Waals surface area (Å²) >= 11 is 0. The lowest BCUT2D eigenvalue weighted by Gasteiger charge is -2.30. The van der Waals surface area contributed by atoms with Crippen molar-refractivity contribution in [3.63, 3.8) is 0 Å². The van der Waals surface area contributed by atoms with Crippen molar-refractivity contribution in [2.24, 2.45) is 0 Å². The molecule has 1 N–H and O–H groups in total. The van der Waals surface area contributed by atoms with Crippen LogP contribution in [-0.2, 0) is 11.2 Å². The molecule has 1 aromatic carbocycles. The van der Waals surface area contributed by atoms with Crippen LogP contribution in [0.4, 0.5) is 5.69 Å². The summed E-state index contributed by atoms with van der Waals surface area (Å²) in [5.74, 6) is 0.799. The number of methoxy groups -OCH3 is 1. The molecule has 4 rings (SSSR count). The Bertz CT molecular complexity index is 848. The van der Waals surface area contributed by atoms with Gasteiger partial charge in [0.15, 0.2) is 5.78 Å². The number of aryl methyl sites for hydroxylation is 1. The number of ether oxygens (including phenoxy) is 2.